The summed E-state index contributed by atoms with van der Waals surface area (Å²) in [6, 6.07) is 5.80. The molecule has 4 heteroatoms. The van der Waals surface area contributed by atoms with Crippen molar-refractivity contribution in [2.45, 2.75) is 19.8 Å². The van der Waals surface area contributed by atoms with Gasteiger partial charge in [0.05, 0.1) is 0 Å². The Morgan fingerprint density at radius 3 is 2.94 bits per heavy atom. The monoisotopic (exact) mass is 218 g/mol. The van der Waals surface area contributed by atoms with Gasteiger partial charge in [0.1, 0.15) is 11.5 Å². The molecule has 0 spiro atoms. The van der Waals surface area contributed by atoms with Crippen LogP contribution in [0.2, 0.25) is 0 Å². The number of aryl methyl sites for hydroxylation is 2. The molecule has 16 heavy (non-hydrogen) atoms. The third kappa shape index (κ3) is 2.46. The Morgan fingerprint density at radius 2 is 2.25 bits per heavy atom. The van der Waals surface area contributed by atoms with Gasteiger partial charge in [0.15, 0.2) is 0 Å². The summed E-state index contributed by atoms with van der Waals surface area (Å²) in [5.74, 6) is 0.796. The van der Waals surface area contributed by atoms with Crippen molar-refractivity contribution in [1.29, 1.82) is 0 Å². The number of hydrogen-bond acceptors (Lipinski definition) is 4. The molecule has 0 unspecified atom stereocenters. The predicted octanol–water partition coefficient (Wildman–Crippen LogP) is 1.97. The van der Waals surface area contributed by atoms with Gasteiger partial charge in [-0.05, 0) is 25.5 Å². The number of pyridine rings is 1. The first-order valence-electron chi connectivity index (χ1n) is 5.29. The van der Waals surface area contributed by atoms with E-state index in [9.17, 15) is 0 Å². The number of aliphatic hydroxyl groups excluding tert-OH is 1. The molecule has 0 saturated carbocycles. The third-order valence-corrected chi connectivity index (χ3v) is 2.35. The van der Waals surface area contributed by atoms with Crippen molar-refractivity contribution < 1.29 is 9.63 Å². The topological polar surface area (TPSA) is 59.2 Å². The number of aromatic nitrogens is 2. The minimum absolute atomic E-state index is 0.169. The lowest BCUT2D eigenvalue weighted by atomic mass is 10.1. The second kappa shape index (κ2) is 4.90. The van der Waals surface area contributed by atoms with Gasteiger partial charge in [0.25, 0.3) is 0 Å². The lowest BCUT2D eigenvalue weighted by Gasteiger charge is -1.94. The SMILES string of the molecule is Cc1ccc(-c2cc(CCCO)on2)cn1. The molecule has 4 nitrogen and oxygen atoms in total. The van der Waals surface area contributed by atoms with Crippen LogP contribution in [0, 0.1) is 6.92 Å². The van der Waals surface area contributed by atoms with Crippen LogP contribution in [-0.4, -0.2) is 21.9 Å². The summed E-state index contributed by atoms with van der Waals surface area (Å²) in [6.45, 7) is 2.11. The van der Waals surface area contributed by atoms with Crippen molar-refractivity contribution in [1.82, 2.24) is 10.1 Å². The lowest BCUT2D eigenvalue weighted by Crippen LogP contribution is -1.86. The van der Waals surface area contributed by atoms with Crippen molar-refractivity contribution in [2.75, 3.05) is 6.61 Å². The molecule has 2 aromatic heterocycles. The van der Waals surface area contributed by atoms with Crippen molar-refractivity contribution in [3.63, 3.8) is 0 Å². The van der Waals surface area contributed by atoms with Crippen LogP contribution in [0.3, 0.4) is 0 Å². The largest absolute Gasteiger partial charge is 0.396 e. The Kier molecular flexibility index (Phi) is 3.31. The van der Waals surface area contributed by atoms with Crippen LogP contribution in [0.25, 0.3) is 11.3 Å². The molecule has 0 radical (unpaired) electrons. The molecule has 0 bridgehead atoms. The summed E-state index contributed by atoms with van der Waals surface area (Å²) in [5.41, 5.74) is 2.72. The van der Waals surface area contributed by atoms with E-state index in [1.165, 1.54) is 0 Å². The van der Waals surface area contributed by atoms with E-state index in [1.807, 2.05) is 25.1 Å². The zero-order valence-corrected chi connectivity index (χ0v) is 9.18. The van der Waals surface area contributed by atoms with E-state index < -0.39 is 0 Å². The first-order valence-corrected chi connectivity index (χ1v) is 5.29. The first-order chi connectivity index (χ1) is 7.79. The molecule has 2 heterocycles. The summed E-state index contributed by atoms with van der Waals surface area (Å²) >= 11 is 0. The third-order valence-electron chi connectivity index (χ3n) is 2.35. The average Bonchev–Trinajstić information content (AvgIpc) is 2.76. The fourth-order valence-corrected chi connectivity index (χ4v) is 1.44. The Hall–Kier alpha value is -1.68. The summed E-state index contributed by atoms with van der Waals surface area (Å²) in [7, 11) is 0. The molecule has 0 aliphatic rings. The van der Waals surface area contributed by atoms with Gasteiger partial charge in [0.2, 0.25) is 0 Å². The molecular weight excluding hydrogens is 204 g/mol. The van der Waals surface area contributed by atoms with Crippen molar-refractivity contribution in [2.24, 2.45) is 0 Å². The Balaban J connectivity index is 2.15. The Morgan fingerprint density at radius 1 is 1.38 bits per heavy atom. The molecule has 0 fully saturated rings. The fourth-order valence-electron chi connectivity index (χ4n) is 1.44. The highest BCUT2D eigenvalue weighted by molar-refractivity contribution is 5.57. The van der Waals surface area contributed by atoms with Gasteiger partial charge in [-0.3, -0.25) is 4.98 Å². The standard InChI is InChI=1S/C12H14N2O2/c1-9-4-5-10(8-13-9)12-7-11(16-14-12)3-2-6-15/h4-5,7-8,15H,2-3,6H2,1H3. The molecule has 2 aromatic rings. The molecule has 0 aliphatic heterocycles. The first kappa shape index (κ1) is 10.8. The van der Waals surface area contributed by atoms with Gasteiger partial charge in [-0.25, -0.2) is 0 Å². The zero-order chi connectivity index (χ0) is 11.4. The Labute approximate surface area is 93.9 Å². The highest BCUT2D eigenvalue weighted by Crippen LogP contribution is 2.18. The molecule has 0 aliphatic carbocycles. The molecule has 84 valence electrons. The predicted molar refractivity (Wildman–Crippen MR) is 59.9 cm³/mol. The maximum atomic E-state index is 8.71. The minimum atomic E-state index is 0.169. The van der Waals surface area contributed by atoms with Crippen LogP contribution >= 0.6 is 0 Å². The second-order valence-corrected chi connectivity index (χ2v) is 3.69. The van der Waals surface area contributed by atoms with E-state index in [4.69, 9.17) is 9.63 Å². The maximum Gasteiger partial charge on any atom is 0.137 e. The van der Waals surface area contributed by atoms with E-state index in [2.05, 4.69) is 10.1 Å². The molecule has 0 amide bonds. The van der Waals surface area contributed by atoms with E-state index in [1.54, 1.807) is 6.20 Å². The van der Waals surface area contributed by atoms with E-state index in [0.29, 0.717) is 12.8 Å². The van der Waals surface area contributed by atoms with Crippen LogP contribution in [0.15, 0.2) is 28.9 Å². The van der Waals surface area contributed by atoms with Crippen molar-refractivity contribution in [3.8, 4) is 11.3 Å². The molecule has 0 aromatic carbocycles. The summed E-state index contributed by atoms with van der Waals surface area (Å²) in [5, 5.41) is 12.7. The molecule has 1 N–H and O–H groups in total. The number of nitrogens with zero attached hydrogens (tertiary/aromatic N) is 2. The van der Waals surface area contributed by atoms with Crippen molar-refractivity contribution in [3.05, 3.63) is 35.9 Å². The molecule has 2 rings (SSSR count). The highest BCUT2D eigenvalue weighted by atomic mass is 16.5. The Bertz CT molecular complexity index is 448. The van der Waals surface area contributed by atoms with Gasteiger partial charge in [0, 0.05) is 36.5 Å². The van der Waals surface area contributed by atoms with Crippen LogP contribution in [0.1, 0.15) is 17.9 Å². The average molecular weight is 218 g/mol. The van der Waals surface area contributed by atoms with Crippen LogP contribution < -0.4 is 0 Å². The molecule has 0 saturated heterocycles. The van der Waals surface area contributed by atoms with Crippen LogP contribution in [0.4, 0.5) is 0 Å². The summed E-state index contributed by atoms with van der Waals surface area (Å²) in [4.78, 5) is 4.21. The van der Waals surface area contributed by atoms with Crippen LogP contribution in [-0.2, 0) is 6.42 Å². The molecular formula is C12H14N2O2. The van der Waals surface area contributed by atoms with Gasteiger partial charge in [-0.15, -0.1) is 0 Å². The number of hydrogen-bond donors (Lipinski definition) is 1. The normalized spacial score (nSPS) is 10.6. The maximum absolute atomic E-state index is 8.71. The lowest BCUT2D eigenvalue weighted by molar-refractivity contribution is 0.280. The summed E-state index contributed by atoms with van der Waals surface area (Å²) in [6.07, 6.45) is 3.19. The van der Waals surface area contributed by atoms with Gasteiger partial charge < -0.3 is 9.63 Å². The molecule has 0 atom stereocenters. The summed E-state index contributed by atoms with van der Waals surface area (Å²) < 4.78 is 5.16. The second-order valence-electron chi connectivity index (χ2n) is 3.69. The smallest absolute Gasteiger partial charge is 0.137 e. The van der Waals surface area contributed by atoms with Crippen molar-refractivity contribution >= 4 is 0 Å². The van der Waals surface area contributed by atoms with E-state index >= 15 is 0 Å². The highest BCUT2D eigenvalue weighted by Gasteiger charge is 2.06. The van der Waals surface area contributed by atoms with E-state index in [-0.39, 0.29) is 6.61 Å². The van der Waals surface area contributed by atoms with Gasteiger partial charge in [-0.1, -0.05) is 5.16 Å². The quantitative estimate of drug-likeness (QED) is 0.852. The number of aliphatic hydroxyl groups is 1. The van der Waals surface area contributed by atoms with Crippen LogP contribution in [0.5, 0.6) is 0 Å². The van der Waals surface area contributed by atoms with Gasteiger partial charge in [-0.2, -0.15) is 0 Å². The van der Waals surface area contributed by atoms with E-state index in [0.717, 1.165) is 22.7 Å². The van der Waals surface area contributed by atoms with Gasteiger partial charge >= 0.3 is 0 Å². The fraction of sp³-hybridized carbons (Fsp3) is 0.333. The number of rotatable bonds is 4. The zero-order valence-electron chi connectivity index (χ0n) is 9.18. The minimum Gasteiger partial charge on any atom is -0.396 e.